The molecule has 4 aliphatic rings. The zero-order valence-electron chi connectivity index (χ0n) is 52.8. The molecule has 22 rings (SSSR count). The van der Waals surface area contributed by atoms with Crippen molar-refractivity contribution in [3.8, 4) is 57.4 Å². The van der Waals surface area contributed by atoms with Crippen LogP contribution in [0.15, 0.2) is 212 Å². The summed E-state index contributed by atoms with van der Waals surface area (Å²) in [7, 11) is 6.09. The monoisotopic (exact) mass is 1220 g/mol. The number of hydrogen-bond donors (Lipinski definition) is 0. The lowest BCUT2D eigenvalue weighted by Crippen LogP contribution is -2.31. The Morgan fingerprint density at radius 3 is 1.46 bits per heavy atom. The van der Waals surface area contributed by atoms with E-state index >= 15 is 0 Å². The van der Waals surface area contributed by atoms with Crippen LogP contribution in [0.5, 0.6) is 0 Å². The van der Waals surface area contributed by atoms with Gasteiger partial charge in [-0.3, -0.25) is 14.1 Å². The molecular formula is C72H54N18OS+4. The molecule has 2 aromatic carbocycles. The molecule has 0 aliphatic carbocycles. The molecule has 0 saturated heterocycles. The van der Waals surface area contributed by atoms with Gasteiger partial charge in [-0.05, 0) is 97.1 Å². The second-order valence-electron chi connectivity index (χ2n) is 23.3. The summed E-state index contributed by atoms with van der Waals surface area (Å²) in [5.41, 5.74) is 24.4. The number of pyridine rings is 8. The van der Waals surface area contributed by atoms with Crippen molar-refractivity contribution in [3.63, 3.8) is 0 Å². The minimum Gasteiger partial charge on any atom is -0.417 e. The number of fused-ring (bicyclic) bond motifs is 28. The summed E-state index contributed by atoms with van der Waals surface area (Å²) in [4.78, 5) is 37.9. The first-order chi connectivity index (χ1) is 46.6. The second kappa shape index (κ2) is 19.8. The molecule has 440 valence electrons. The van der Waals surface area contributed by atoms with Gasteiger partial charge in [-0.2, -0.15) is 9.13 Å². The standard InChI is InChI=1S/C20H13N4O.C20H13N4S.2C16H14N5/c2*1-2-7-14(8-3-1)24-19-16-13(6-4-10-21-16)12-23(19)18-17-15(25-20(18)24)9-5-11-22-17;2*1-19-11-6-4-8-18-13(11)14-16(19)20(2)15-12-10(9-21(14)15)5-3-7-17-12/h2*1-11H,12H2;2*3-8H,9H2,1-2H3/q4*+1/i;;1D3;. The summed E-state index contributed by atoms with van der Waals surface area (Å²) in [6.45, 7) is 0.881. The molecule has 4 aliphatic heterocycles. The van der Waals surface area contributed by atoms with Gasteiger partial charge in [0.05, 0.1) is 50.0 Å². The SMILES string of the molecule is Cn1c2cccnc2c2c1[n+](C)c1n2Cc2cccnc2-1.[2H]C([2H])([2H])n1c2cccnc2c2c1[n+](C)c1n2Cc2cccnc2-1.c1ccc(-n2c3[n+](c4c5ncccc5oc42)Cc2cccnc2-3)cc1.c1ccc(-n2c3[n+](c4c5ncccc5sc42)Cc2cccnc2-3)cc1. The molecule has 0 unspecified atom stereocenters. The Bertz CT molecular complexity index is 6020. The van der Waals surface area contributed by atoms with Gasteiger partial charge in [-0.25, -0.2) is 62.3 Å². The highest BCUT2D eigenvalue weighted by Crippen LogP contribution is 2.42. The van der Waals surface area contributed by atoms with Crippen molar-refractivity contribution >= 4 is 98.6 Å². The fourth-order valence-electron chi connectivity index (χ4n) is 14.6. The topological polar surface area (TPSA) is 161 Å². The Balaban J connectivity index is 0.0000000898. The smallest absolute Gasteiger partial charge is 0.346 e. The van der Waals surface area contributed by atoms with Crippen molar-refractivity contribution in [2.45, 2.75) is 26.2 Å². The summed E-state index contributed by atoms with van der Waals surface area (Å²) in [6.07, 6.45) is 14.6. The molecule has 0 atom stereocenters. The van der Waals surface area contributed by atoms with Crippen molar-refractivity contribution in [3.05, 3.63) is 230 Å². The van der Waals surface area contributed by atoms with Crippen LogP contribution in [0.4, 0.5) is 0 Å². The lowest BCUT2D eigenvalue weighted by atomic mass is 10.2. The van der Waals surface area contributed by atoms with E-state index in [0.29, 0.717) is 23.2 Å². The molecule has 20 heteroatoms. The zero-order chi connectivity index (χ0) is 63.5. The van der Waals surface area contributed by atoms with Gasteiger partial charge in [-0.15, -0.1) is 0 Å². The number of aromatic nitrogens is 18. The molecule has 0 N–H and O–H groups in total. The van der Waals surface area contributed by atoms with Crippen LogP contribution in [0.2, 0.25) is 0 Å². The Labute approximate surface area is 531 Å². The average Bonchev–Trinajstić information content (AvgIpc) is 1.57. The molecule has 0 bridgehead atoms. The predicted molar refractivity (Wildman–Crippen MR) is 352 cm³/mol. The van der Waals surface area contributed by atoms with E-state index in [0.717, 1.165) is 121 Å². The van der Waals surface area contributed by atoms with Gasteiger partial charge in [0.1, 0.15) is 63.4 Å². The number of para-hydroxylation sites is 2. The van der Waals surface area contributed by atoms with Gasteiger partial charge in [0.25, 0.3) is 22.9 Å². The molecule has 0 amide bonds. The maximum atomic E-state index is 7.98. The van der Waals surface area contributed by atoms with Crippen LogP contribution in [-0.2, 0) is 54.3 Å². The van der Waals surface area contributed by atoms with Crippen LogP contribution in [0.1, 0.15) is 26.4 Å². The molecule has 19 nitrogen and oxygen atoms in total. The summed E-state index contributed by atoms with van der Waals surface area (Å²) in [5, 5.41) is 0. The average molecular weight is 1220 g/mol. The highest BCUT2D eigenvalue weighted by molar-refractivity contribution is 7.25. The minimum atomic E-state index is -2.28. The minimum absolute atomic E-state index is 0.623. The summed E-state index contributed by atoms with van der Waals surface area (Å²) in [6, 6.07) is 52.9. The van der Waals surface area contributed by atoms with E-state index in [1.165, 1.54) is 53.3 Å². The van der Waals surface area contributed by atoms with Crippen LogP contribution in [0.3, 0.4) is 0 Å². The van der Waals surface area contributed by atoms with E-state index in [1.807, 2.05) is 122 Å². The van der Waals surface area contributed by atoms with Crippen molar-refractivity contribution < 1.29 is 26.8 Å². The molecule has 0 fully saturated rings. The zero-order valence-corrected chi connectivity index (χ0v) is 50.6. The first kappa shape index (κ1) is 49.0. The van der Waals surface area contributed by atoms with Gasteiger partial charge in [0.2, 0.25) is 26.9 Å². The second-order valence-corrected chi connectivity index (χ2v) is 24.4. The van der Waals surface area contributed by atoms with E-state index in [2.05, 4.69) is 169 Å². The molecule has 18 aromatic rings. The van der Waals surface area contributed by atoms with Crippen molar-refractivity contribution in [2.24, 2.45) is 28.1 Å². The first-order valence-corrected chi connectivity index (χ1v) is 31.1. The van der Waals surface area contributed by atoms with Crippen molar-refractivity contribution in [2.75, 3.05) is 0 Å². The molecule has 16 aromatic heterocycles. The first-order valence-electron chi connectivity index (χ1n) is 31.8. The van der Waals surface area contributed by atoms with Gasteiger partial charge in [-0.1, -0.05) is 72.0 Å². The third-order valence-corrected chi connectivity index (χ3v) is 19.5. The van der Waals surface area contributed by atoms with Crippen LogP contribution in [0.25, 0.3) is 145 Å². The Morgan fingerprint density at radius 2 is 0.880 bits per heavy atom. The number of furan rings is 1. The van der Waals surface area contributed by atoms with Crippen molar-refractivity contribution in [1.82, 2.24) is 67.3 Å². The van der Waals surface area contributed by atoms with Crippen LogP contribution in [-0.4, -0.2) is 67.3 Å². The maximum Gasteiger partial charge on any atom is 0.346 e. The van der Waals surface area contributed by atoms with Crippen LogP contribution < -0.4 is 18.3 Å². The van der Waals surface area contributed by atoms with Crippen LogP contribution in [0, 0.1) is 0 Å². The maximum absolute atomic E-state index is 7.98. The highest BCUT2D eigenvalue weighted by atomic mass is 32.1. The predicted octanol–water partition coefficient (Wildman–Crippen LogP) is 11.0. The van der Waals surface area contributed by atoms with E-state index in [4.69, 9.17) is 8.53 Å². The van der Waals surface area contributed by atoms with E-state index in [9.17, 15) is 0 Å². The quantitative estimate of drug-likeness (QED) is 0.153. The molecular weight excluding hydrogens is 1160 g/mol. The molecule has 0 saturated carbocycles. The normalized spacial score (nSPS) is 13.4. The summed E-state index contributed by atoms with van der Waals surface area (Å²) in [5.74, 6) is 4.28. The third kappa shape index (κ3) is 7.30. The van der Waals surface area contributed by atoms with Crippen LogP contribution >= 0.6 is 11.3 Å². The fourth-order valence-corrected chi connectivity index (χ4v) is 15.8. The Hall–Kier alpha value is -11.9. The molecule has 92 heavy (non-hydrogen) atoms. The largest absolute Gasteiger partial charge is 0.417 e. The highest BCUT2D eigenvalue weighted by Gasteiger charge is 2.42. The summed E-state index contributed by atoms with van der Waals surface area (Å²) >= 11 is 1.79. The number of nitrogens with zero attached hydrogens (tertiary/aromatic N) is 18. The van der Waals surface area contributed by atoms with Gasteiger partial charge < -0.3 is 4.42 Å². The summed E-state index contributed by atoms with van der Waals surface area (Å²) < 4.78 is 52.7. The molecule has 0 spiro atoms. The van der Waals surface area contributed by atoms with E-state index in [1.54, 1.807) is 29.8 Å². The lowest BCUT2D eigenvalue weighted by Gasteiger charge is -2.00. The fraction of sp³-hybridized carbons (Fsp3) is 0.111. The van der Waals surface area contributed by atoms with Crippen molar-refractivity contribution in [1.29, 1.82) is 0 Å². The van der Waals surface area contributed by atoms with Gasteiger partial charge in [0, 0.05) is 71.8 Å². The number of imidazole rings is 4. The number of rotatable bonds is 2. The number of aryl methyl sites for hydroxylation is 4. The van der Waals surface area contributed by atoms with E-state index in [-0.39, 0.29) is 0 Å². The molecule has 0 radical (unpaired) electrons. The number of hydrogen-bond acceptors (Lipinski definition) is 10. The Morgan fingerprint density at radius 1 is 0.435 bits per heavy atom. The number of thiophene rings is 1. The van der Waals surface area contributed by atoms with Gasteiger partial charge >= 0.3 is 17.4 Å². The van der Waals surface area contributed by atoms with Gasteiger partial charge in [0.15, 0.2) is 22.5 Å². The number of benzene rings is 2. The molecule has 20 heterocycles. The third-order valence-electron chi connectivity index (χ3n) is 18.3. The van der Waals surface area contributed by atoms with E-state index < -0.39 is 6.98 Å². The Kier molecular flexibility index (Phi) is 10.6. The lowest BCUT2D eigenvalue weighted by molar-refractivity contribution is -0.645.